The molecular formula is C17H29NO3S. The molecule has 1 aliphatic heterocycles. The zero-order chi connectivity index (χ0) is 15.9. The lowest BCUT2D eigenvalue weighted by atomic mass is 9.74. The van der Waals surface area contributed by atoms with E-state index >= 15 is 0 Å². The molecule has 5 heteroatoms. The summed E-state index contributed by atoms with van der Waals surface area (Å²) < 4.78 is 0. The molecule has 2 N–H and O–H groups in total. The fraction of sp³-hybridized carbons (Fsp3) is 0.824. The van der Waals surface area contributed by atoms with Crippen LogP contribution in [0.3, 0.4) is 0 Å². The fourth-order valence-electron chi connectivity index (χ4n) is 3.54. The van der Waals surface area contributed by atoms with Crippen LogP contribution in [0, 0.1) is 11.8 Å². The predicted octanol–water partition coefficient (Wildman–Crippen LogP) is 3.06. The molecule has 4 nitrogen and oxygen atoms in total. The first-order valence-corrected chi connectivity index (χ1v) is 9.72. The third-order valence-electron chi connectivity index (χ3n) is 4.63. The van der Waals surface area contributed by atoms with Crippen molar-refractivity contribution in [3.05, 3.63) is 11.3 Å². The molecule has 0 aromatic rings. The number of nitrogens with one attached hydrogen (secondary N) is 1. The van der Waals surface area contributed by atoms with Gasteiger partial charge in [0.25, 0.3) is 0 Å². The van der Waals surface area contributed by atoms with E-state index in [1.165, 1.54) is 18.6 Å². The van der Waals surface area contributed by atoms with Crippen molar-refractivity contribution >= 4 is 17.5 Å². The molecule has 0 amide bonds. The zero-order valence-corrected chi connectivity index (χ0v) is 14.6. The molecule has 0 radical (unpaired) electrons. The molecule has 3 unspecified atom stereocenters. The standard InChI is InChI=1S/C17H29NO3S/c1-3-6-14(18-21-4-2)17-15(19)9-13(10-16(17)20)12-7-5-8-22-11-12/h12-13,15,18-19H,3-11H2,1-2H3. The van der Waals surface area contributed by atoms with Crippen molar-refractivity contribution in [2.24, 2.45) is 11.8 Å². The summed E-state index contributed by atoms with van der Waals surface area (Å²) in [6.45, 7) is 4.50. The molecule has 3 atom stereocenters. The number of carbonyl (C=O) groups excluding carboxylic acids is 1. The Kier molecular flexibility index (Phi) is 7.25. The number of allylic oxidation sites excluding steroid dienone is 1. The van der Waals surface area contributed by atoms with Gasteiger partial charge in [-0.1, -0.05) is 13.3 Å². The molecule has 0 aromatic carbocycles. The van der Waals surface area contributed by atoms with Crippen molar-refractivity contribution in [2.75, 3.05) is 18.1 Å². The maximum absolute atomic E-state index is 12.6. The van der Waals surface area contributed by atoms with E-state index in [0.29, 0.717) is 36.9 Å². The number of thioether (sulfide) groups is 1. The average molecular weight is 327 g/mol. The van der Waals surface area contributed by atoms with Crippen LogP contribution < -0.4 is 5.48 Å². The molecule has 126 valence electrons. The number of aliphatic hydroxyl groups excluding tert-OH is 1. The lowest BCUT2D eigenvalue weighted by Crippen LogP contribution is -2.37. The highest BCUT2D eigenvalue weighted by Crippen LogP contribution is 2.38. The minimum absolute atomic E-state index is 0.106. The van der Waals surface area contributed by atoms with E-state index in [0.717, 1.165) is 24.3 Å². The molecular weight excluding hydrogens is 298 g/mol. The van der Waals surface area contributed by atoms with Gasteiger partial charge in [0.15, 0.2) is 5.78 Å². The van der Waals surface area contributed by atoms with Crippen LogP contribution >= 0.6 is 11.8 Å². The second kappa shape index (κ2) is 8.94. The Balaban J connectivity index is 2.09. The Labute approximate surface area is 138 Å². The summed E-state index contributed by atoms with van der Waals surface area (Å²) >= 11 is 1.99. The van der Waals surface area contributed by atoms with Gasteiger partial charge in [0.2, 0.25) is 0 Å². The Morgan fingerprint density at radius 3 is 2.82 bits per heavy atom. The Morgan fingerprint density at radius 2 is 2.23 bits per heavy atom. The topological polar surface area (TPSA) is 58.6 Å². The molecule has 22 heavy (non-hydrogen) atoms. The summed E-state index contributed by atoms with van der Waals surface area (Å²) in [5.41, 5.74) is 4.23. The van der Waals surface area contributed by atoms with E-state index in [4.69, 9.17) is 4.84 Å². The summed E-state index contributed by atoms with van der Waals surface area (Å²) in [7, 11) is 0. The highest BCUT2D eigenvalue weighted by molar-refractivity contribution is 7.99. The van der Waals surface area contributed by atoms with Gasteiger partial charge in [-0.3, -0.25) is 15.1 Å². The SMILES string of the molecule is CCCC(NOCC)=C1C(=O)CC(C2CCCSC2)CC1O. The number of hydrogen-bond donors (Lipinski definition) is 2. The van der Waals surface area contributed by atoms with E-state index in [1.54, 1.807) is 0 Å². The normalized spacial score (nSPS) is 32.0. The number of Topliss-reactive ketones (excluding diaryl/α,β-unsaturated/α-hetero) is 1. The van der Waals surface area contributed by atoms with Crippen molar-refractivity contribution in [1.82, 2.24) is 5.48 Å². The van der Waals surface area contributed by atoms with Crippen LogP contribution in [0.25, 0.3) is 0 Å². The molecule has 0 aromatic heterocycles. The molecule has 2 aliphatic rings. The Hall–Kier alpha value is -0.520. The summed E-state index contributed by atoms with van der Waals surface area (Å²) in [5, 5.41) is 10.6. The minimum Gasteiger partial charge on any atom is -0.388 e. The van der Waals surface area contributed by atoms with Gasteiger partial charge < -0.3 is 5.11 Å². The van der Waals surface area contributed by atoms with Crippen molar-refractivity contribution in [3.8, 4) is 0 Å². The predicted molar refractivity (Wildman–Crippen MR) is 90.5 cm³/mol. The number of aliphatic hydroxyl groups is 1. The van der Waals surface area contributed by atoms with E-state index in [2.05, 4.69) is 12.4 Å². The largest absolute Gasteiger partial charge is 0.388 e. The first-order valence-electron chi connectivity index (χ1n) is 8.57. The molecule has 1 aliphatic carbocycles. The van der Waals surface area contributed by atoms with Crippen LogP contribution in [0.15, 0.2) is 11.3 Å². The van der Waals surface area contributed by atoms with Crippen LogP contribution in [0.2, 0.25) is 0 Å². The van der Waals surface area contributed by atoms with Gasteiger partial charge in [-0.2, -0.15) is 11.8 Å². The number of hydroxylamine groups is 1. The molecule has 0 bridgehead atoms. The van der Waals surface area contributed by atoms with Gasteiger partial charge in [-0.15, -0.1) is 0 Å². The fourth-order valence-corrected chi connectivity index (χ4v) is 4.82. The van der Waals surface area contributed by atoms with E-state index in [1.807, 2.05) is 18.7 Å². The smallest absolute Gasteiger partial charge is 0.163 e. The number of carbonyl (C=O) groups is 1. The lowest BCUT2D eigenvalue weighted by Gasteiger charge is -2.35. The second-order valence-electron chi connectivity index (χ2n) is 6.29. The van der Waals surface area contributed by atoms with E-state index in [-0.39, 0.29) is 5.78 Å². The van der Waals surface area contributed by atoms with Crippen LogP contribution in [-0.2, 0) is 9.63 Å². The summed E-state index contributed by atoms with van der Waals surface area (Å²) in [5.74, 6) is 3.42. The average Bonchev–Trinajstić information content (AvgIpc) is 2.52. The van der Waals surface area contributed by atoms with Gasteiger partial charge in [-0.05, 0) is 55.9 Å². The van der Waals surface area contributed by atoms with Gasteiger partial charge in [-0.25, -0.2) is 0 Å². The summed E-state index contributed by atoms with van der Waals surface area (Å²) in [6.07, 6.45) is 4.75. The first-order chi connectivity index (χ1) is 10.7. The zero-order valence-electron chi connectivity index (χ0n) is 13.8. The quantitative estimate of drug-likeness (QED) is 0.580. The number of rotatable bonds is 6. The number of ketones is 1. The van der Waals surface area contributed by atoms with Crippen LogP contribution in [0.1, 0.15) is 52.4 Å². The van der Waals surface area contributed by atoms with E-state index in [9.17, 15) is 9.90 Å². The molecule has 1 saturated heterocycles. The van der Waals surface area contributed by atoms with Gasteiger partial charge >= 0.3 is 0 Å². The third-order valence-corrected chi connectivity index (χ3v) is 5.88. The van der Waals surface area contributed by atoms with Crippen LogP contribution in [0.4, 0.5) is 0 Å². The van der Waals surface area contributed by atoms with Gasteiger partial charge in [0.1, 0.15) is 0 Å². The lowest BCUT2D eigenvalue weighted by molar-refractivity contribution is -0.120. The summed E-state index contributed by atoms with van der Waals surface area (Å²) in [4.78, 5) is 17.9. The second-order valence-corrected chi connectivity index (χ2v) is 7.44. The minimum atomic E-state index is -0.646. The van der Waals surface area contributed by atoms with Gasteiger partial charge in [0, 0.05) is 17.7 Å². The van der Waals surface area contributed by atoms with Crippen molar-refractivity contribution in [2.45, 2.75) is 58.5 Å². The Morgan fingerprint density at radius 1 is 1.41 bits per heavy atom. The highest BCUT2D eigenvalue weighted by Gasteiger charge is 2.37. The molecule has 2 fully saturated rings. The van der Waals surface area contributed by atoms with E-state index < -0.39 is 6.10 Å². The maximum Gasteiger partial charge on any atom is 0.163 e. The monoisotopic (exact) mass is 327 g/mol. The van der Waals surface area contributed by atoms with Crippen LogP contribution in [0.5, 0.6) is 0 Å². The third kappa shape index (κ3) is 4.49. The molecule has 1 saturated carbocycles. The Bertz CT molecular complexity index is 405. The van der Waals surface area contributed by atoms with Crippen molar-refractivity contribution in [1.29, 1.82) is 0 Å². The molecule has 1 heterocycles. The van der Waals surface area contributed by atoms with Crippen molar-refractivity contribution < 1.29 is 14.7 Å². The summed E-state index contributed by atoms with van der Waals surface area (Å²) in [6, 6.07) is 0. The molecule has 0 spiro atoms. The molecule has 2 rings (SSSR count). The highest BCUT2D eigenvalue weighted by atomic mass is 32.2. The van der Waals surface area contributed by atoms with Gasteiger partial charge in [0.05, 0.1) is 12.7 Å². The maximum atomic E-state index is 12.6. The number of hydrogen-bond acceptors (Lipinski definition) is 5. The first kappa shape index (κ1) is 17.8. The van der Waals surface area contributed by atoms with Crippen molar-refractivity contribution in [3.63, 3.8) is 0 Å². The van der Waals surface area contributed by atoms with Crippen LogP contribution in [-0.4, -0.2) is 35.1 Å².